The second kappa shape index (κ2) is 5.62. The predicted molar refractivity (Wildman–Crippen MR) is 68.1 cm³/mol. The Hall–Kier alpha value is -1.91. The van der Waals surface area contributed by atoms with Gasteiger partial charge >= 0.3 is 6.03 Å². The second-order valence-corrected chi connectivity index (χ2v) is 4.13. The largest absolute Gasteiger partial charge is 0.486 e. The molecule has 1 aromatic rings. The summed E-state index contributed by atoms with van der Waals surface area (Å²) >= 11 is 0. The highest BCUT2D eigenvalue weighted by Gasteiger charge is 2.15. The minimum Gasteiger partial charge on any atom is -0.486 e. The Morgan fingerprint density at radius 3 is 2.78 bits per heavy atom. The number of benzene rings is 1. The average molecular weight is 250 g/mol. The smallest absolute Gasteiger partial charge is 0.315 e. The molecule has 98 valence electrons. The van der Waals surface area contributed by atoms with Crippen molar-refractivity contribution in [3.05, 3.63) is 23.8 Å². The lowest BCUT2D eigenvalue weighted by atomic mass is 10.1. The van der Waals surface area contributed by atoms with Gasteiger partial charge in [0.25, 0.3) is 0 Å². The van der Waals surface area contributed by atoms with Crippen LogP contribution in [0.5, 0.6) is 11.5 Å². The first-order chi connectivity index (χ1) is 8.70. The van der Waals surface area contributed by atoms with Crippen LogP contribution in [0.4, 0.5) is 4.79 Å². The average Bonchev–Trinajstić information content (AvgIpc) is 2.38. The maximum atomic E-state index is 11.4. The summed E-state index contributed by atoms with van der Waals surface area (Å²) < 4.78 is 11.0. The van der Waals surface area contributed by atoms with Crippen molar-refractivity contribution in [3.63, 3.8) is 0 Å². The van der Waals surface area contributed by atoms with Crippen molar-refractivity contribution in [2.45, 2.75) is 19.9 Å². The van der Waals surface area contributed by atoms with Gasteiger partial charge in [0.05, 0.1) is 6.04 Å². The topological polar surface area (TPSA) is 59.6 Å². The van der Waals surface area contributed by atoms with Crippen molar-refractivity contribution in [2.75, 3.05) is 19.8 Å². The van der Waals surface area contributed by atoms with Crippen molar-refractivity contribution in [1.82, 2.24) is 10.6 Å². The van der Waals surface area contributed by atoms with Crippen LogP contribution in [0, 0.1) is 0 Å². The standard InChI is InChI=1S/C13H18N2O3/c1-3-14-13(16)15-9(2)10-4-5-11-12(8-10)18-7-6-17-11/h4-5,8-9H,3,6-7H2,1-2H3,(H2,14,15,16). The van der Waals surface area contributed by atoms with Gasteiger partial charge in [-0.3, -0.25) is 0 Å². The molecular weight excluding hydrogens is 232 g/mol. The van der Waals surface area contributed by atoms with Gasteiger partial charge in [-0.15, -0.1) is 0 Å². The lowest BCUT2D eigenvalue weighted by Gasteiger charge is -2.21. The monoisotopic (exact) mass is 250 g/mol. The fourth-order valence-corrected chi connectivity index (χ4v) is 1.82. The number of ether oxygens (including phenoxy) is 2. The van der Waals surface area contributed by atoms with Gasteiger partial charge in [-0.25, -0.2) is 4.79 Å². The van der Waals surface area contributed by atoms with Gasteiger partial charge in [0.1, 0.15) is 13.2 Å². The summed E-state index contributed by atoms with van der Waals surface area (Å²) in [5.41, 5.74) is 0.991. The Morgan fingerprint density at radius 1 is 1.33 bits per heavy atom. The van der Waals surface area contributed by atoms with Gasteiger partial charge in [-0.2, -0.15) is 0 Å². The summed E-state index contributed by atoms with van der Waals surface area (Å²) in [6.45, 7) is 5.57. The predicted octanol–water partition coefficient (Wildman–Crippen LogP) is 1.84. The van der Waals surface area contributed by atoms with E-state index in [2.05, 4.69) is 10.6 Å². The Bertz CT molecular complexity index is 434. The van der Waals surface area contributed by atoms with Crippen LogP contribution in [-0.2, 0) is 0 Å². The van der Waals surface area contributed by atoms with Gasteiger partial charge < -0.3 is 20.1 Å². The first-order valence-corrected chi connectivity index (χ1v) is 6.14. The zero-order valence-electron chi connectivity index (χ0n) is 10.7. The van der Waals surface area contributed by atoms with E-state index in [0.29, 0.717) is 19.8 Å². The highest BCUT2D eigenvalue weighted by molar-refractivity contribution is 5.74. The molecule has 1 aromatic carbocycles. The Labute approximate surface area is 106 Å². The number of carbonyl (C=O) groups excluding carboxylic acids is 1. The van der Waals surface area contributed by atoms with E-state index in [1.54, 1.807) is 0 Å². The molecule has 2 rings (SSSR count). The van der Waals surface area contributed by atoms with Crippen LogP contribution in [0.2, 0.25) is 0 Å². The number of carbonyl (C=O) groups is 1. The summed E-state index contributed by atoms with van der Waals surface area (Å²) in [4.78, 5) is 11.4. The molecule has 1 atom stereocenters. The van der Waals surface area contributed by atoms with E-state index < -0.39 is 0 Å². The molecular formula is C13H18N2O3. The molecule has 0 aromatic heterocycles. The SMILES string of the molecule is CCNC(=O)NC(C)c1ccc2c(c1)OCCO2. The molecule has 2 amide bonds. The highest BCUT2D eigenvalue weighted by atomic mass is 16.6. The molecule has 1 heterocycles. The molecule has 0 spiro atoms. The Morgan fingerprint density at radius 2 is 2.06 bits per heavy atom. The van der Waals surface area contributed by atoms with E-state index in [1.807, 2.05) is 32.0 Å². The molecule has 1 aliphatic rings. The highest BCUT2D eigenvalue weighted by Crippen LogP contribution is 2.32. The van der Waals surface area contributed by atoms with E-state index in [-0.39, 0.29) is 12.1 Å². The number of nitrogens with one attached hydrogen (secondary N) is 2. The van der Waals surface area contributed by atoms with E-state index >= 15 is 0 Å². The molecule has 0 fully saturated rings. The fraction of sp³-hybridized carbons (Fsp3) is 0.462. The molecule has 5 nitrogen and oxygen atoms in total. The van der Waals surface area contributed by atoms with Crippen LogP contribution in [-0.4, -0.2) is 25.8 Å². The minimum absolute atomic E-state index is 0.0765. The van der Waals surface area contributed by atoms with Crippen LogP contribution < -0.4 is 20.1 Å². The van der Waals surface area contributed by atoms with E-state index in [4.69, 9.17) is 9.47 Å². The third-order valence-electron chi connectivity index (χ3n) is 2.75. The first-order valence-electron chi connectivity index (χ1n) is 6.14. The third kappa shape index (κ3) is 2.85. The quantitative estimate of drug-likeness (QED) is 0.860. The van der Waals surface area contributed by atoms with Gasteiger partial charge in [0.15, 0.2) is 11.5 Å². The maximum absolute atomic E-state index is 11.4. The van der Waals surface area contributed by atoms with Crippen LogP contribution in [0.15, 0.2) is 18.2 Å². The van der Waals surface area contributed by atoms with Crippen molar-refractivity contribution >= 4 is 6.03 Å². The van der Waals surface area contributed by atoms with Crippen molar-refractivity contribution in [2.24, 2.45) is 0 Å². The van der Waals surface area contributed by atoms with Crippen molar-refractivity contribution in [3.8, 4) is 11.5 Å². The Kier molecular flexibility index (Phi) is 3.92. The zero-order valence-corrected chi connectivity index (χ0v) is 10.7. The summed E-state index contributed by atoms with van der Waals surface area (Å²) in [7, 11) is 0. The number of urea groups is 1. The molecule has 0 saturated heterocycles. The molecule has 0 saturated carbocycles. The number of rotatable bonds is 3. The van der Waals surface area contributed by atoms with Gasteiger partial charge in [0, 0.05) is 6.54 Å². The van der Waals surface area contributed by atoms with Crippen LogP contribution in [0.3, 0.4) is 0 Å². The maximum Gasteiger partial charge on any atom is 0.315 e. The molecule has 5 heteroatoms. The van der Waals surface area contributed by atoms with Gasteiger partial charge in [-0.05, 0) is 31.5 Å². The molecule has 0 aliphatic carbocycles. The third-order valence-corrected chi connectivity index (χ3v) is 2.75. The molecule has 0 radical (unpaired) electrons. The molecule has 1 unspecified atom stereocenters. The summed E-state index contributed by atoms with van der Waals surface area (Å²) in [6, 6.07) is 5.47. The summed E-state index contributed by atoms with van der Waals surface area (Å²) in [6.07, 6.45) is 0. The lowest BCUT2D eigenvalue weighted by Crippen LogP contribution is -2.36. The number of hydrogen-bond acceptors (Lipinski definition) is 3. The minimum atomic E-state index is -0.167. The second-order valence-electron chi connectivity index (χ2n) is 4.13. The Balaban J connectivity index is 2.06. The van der Waals surface area contributed by atoms with E-state index in [0.717, 1.165) is 17.1 Å². The van der Waals surface area contributed by atoms with Crippen molar-refractivity contribution < 1.29 is 14.3 Å². The van der Waals surface area contributed by atoms with Crippen LogP contribution in [0.25, 0.3) is 0 Å². The molecule has 2 N–H and O–H groups in total. The zero-order chi connectivity index (χ0) is 13.0. The molecule has 18 heavy (non-hydrogen) atoms. The number of amides is 2. The van der Waals surface area contributed by atoms with Crippen LogP contribution in [0.1, 0.15) is 25.5 Å². The van der Waals surface area contributed by atoms with Crippen LogP contribution >= 0.6 is 0 Å². The normalized spacial score (nSPS) is 14.8. The number of fused-ring (bicyclic) bond motifs is 1. The lowest BCUT2D eigenvalue weighted by molar-refractivity contribution is 0.171. The van der Waals surface area contributed by atoms with Gasteiger partial charge in [0.2, 0.25) is 0 Å². The molecule has 1 aliphatic heterocycles. The number of hydrogen-bond donors (Lipinski definition) is 2. The van der Waals surface area contributed by atoms with E-state index in [1.165, 1.54) is 0 Å². The molecule has 0 bridgehead atoms. The first kappa shape index (κ1) is 12.5. The van der Waals surface area contributed by atoms with Gasteiger partial charge in [-0.1, -0.05) is 6.07 Å². The summed E-state index contributed by atoms with van der Waals surface area (Å²) in [5.74, 6) is 1.50. The van der Waals surface area contributed by atoms with Crippen molar-refractivity contribution in [1.29, 1.82) is 0 Å². The summed E-state index contributed by atoms with van der Waals surface area (Å²) in [5, 5.41) is 5.56. The fourth-order valence-electron chi connectivity index (χ4n) is 1.82. The van der Waals surface area contributed by atoms with E-state index in [9.17, 15) is 4.79 Å².